The number of rotatable bonds is 3. The second-order valence-corrected chi connectivity index (χ2v) is 8.23. The maximum absolute atomic E-state index is 13.0. The van der Waals surface area contributed by atoms with Gasteiger partial charge in [-0.2, -0.15) is 0 Å². The standard InChI is InChI=1S/C22H20Cl2N2O3/c23-16-9-8-13(11-17(16)24)20(27)18-19(14-5-4-10-25-12-14)26(22(29)21(18)28)15-6-2-1-3-7-15/h4-5,8-12,15,19,27H,1-3,6-7H2/b20-18-. The number of pyridine rings is 1. The van der Waals surface area contributed by atoms with Crippen LogP contribution in [0.5, 0.6) is 0 Å². The van der Waals surface area contributed by atoms with Gasteiger partial charge < -0.3 is 10.0 Å². The van der Waals surface area contributed by atoms with Crippen LogP contribution in [0.25, 0.3) is 5.76 Å². The third-order valence-electron chi connectivity index (χ3n) is 5.64. The first-order valence-corrected chi connectivity index (χ1v) is 10.4. The molecule has 2 aromatic rings. The normalized spacial score (nSPS) is 22.3. The number of halogens is 2. The Balaban J connectivity index is 1.87. The Bertz CT molecular complexity index is 985. The van der Waals surface area contributed by atoms with Crippen LogP contribution >= 0.6 is 23.2 Å². The summed E-state index contributed by atoms with van der Waals surface area (Å²) in [5.74, 6) is -1.52. The van der Waals surface area contributed by atoms with Crippen LogP contribution in [-0.2, 0) is 9.59 Å². The molecule has 150 valence electrons. The van der Waals surface area contributed by atoms with Crippen molar-refractivity contribution >= 4 is 40.7 Å². The Labute approximate surface area is 179 Å². The first kappa shape index (κ1) is 19.9. The molecule has 1 amide bonds. The molecule has 1 saturated heterocycles. The number of amides is 1. The van der Waals surface area contributed by atoms with E-state index in [4.69, 9.17) is 23.2 Å². The van der Waals surface area contributed by atoms with Crippen molar-refractivity contribution in [2.75, 3.05) is 0 Å². The summed E-state index contributed by atoms with van der Waals surface area (Å²) in [6.07, 6.45) is 8.11. The molecule has 1 aromatic carbocycles. The smallest absolute Gasteiger partial charge is 0.295 e. The Morgan fingerprint density at radius 2 is 1.83 bits per heavy atom. The molecule has 1 saturated carbocycles. The lowest BCUT2D eigenvalue weighted by molar-refractivity contribution is -0.141. The summed E-state index contributed by atoms with van der Waals surface area (Å²) in [6.45, 7) is 0. The molecule has 1 aliphatic heterocycles. The lowest BCUT2D eigenvalue weighted by Gasteiger charge is -2.35. The molecule has 0 bridgehead atoms. The number of hydrogen-bond acceptors (Lipinski definition) is 4. The predicted octanol–water partition coefficient (Wildman–Crippen LogP) is 5.14. The zero-order valence-corrected chi connectivity index (χ0v) is 17.2. The number of Topliss-reactive ketones (excluding diaryl/α,β-unsaturated/α-hetero) is 1. The number of aliphatic hydroxyl groups excluding tert-OH is 1. The van der Waals surface area contributed by atoms with E-state index in [1.165, 1.54) is 6.07 Å². The van der Waals surface area contributed by atoms with Crippen LogP contribution < -0.4 is 0 Å². The van der Waals surface area contributed by atoms with Gasteiger partial charge in [-0.15, -0.1) is 0 Å². The fourth-order valence-corrected chi connectivity index (χ4v) is 4.55. The van der Waals surface area contributed by atoms with Gasteiger partial charge in [-0.1, -0.05) is 48.5 Å². The minimum absolute atomic E-state index is 0.0375. The monoisotopic (exact) mass is 430 g/mol. The van der Waals surface area contributed by atoms with E-state index in [2.05, 4.69) is 4.98 Å². The van der Waals surface area contributed by atoms with Crippen LogP contribution in [0.3, 0.4) is 0 Å². The van der Waals surface area contributed by atoms with Crippen LogP contribution in [0.1, 0.15) is 49.3 Å². The summed E-state index contributed by atoms with van der Waals surface area (Å²) in [6, 6.07) is 7.49. The van der Waals surface area contributed by atoms with Crippen molar-refractivity contribution < 1.29 is 14.7 Å². The van der Waals surface area contributed by atoms with Crippen molar-refractivity contribution in [2.24, 2.45) is 0 Å². The number of aromatic nitrogens is 1. The van der Waals surface area contributed by atoms with Crippen LogP contribution in [0.15, 0.2) is 48.3 Å². The van der Waals surface area contributed by atoms with E-state index in [-0.39, 0.29) is 22.4 Å². The van der Waals surface area contributed by atoms with Crippen molar-refractivity contribution in [3.8, 4) is 0 Å². The average Bonchev–Trinajstić information content (AvgIpc) is 3.01. The van der Waals surface area contributed by atoms with Gasteiger partial charge in [0, 0.05) is 24.0 Å². The summed E-state index contributed by atoms with van der Waals surface area (Å²) in [7, 11) is 0. The summed E-state index contributed by atoms with van der Waals surface area (Å²) >= 11 is 12.1. The SMILES string of the molecule is O=C1C(=O)N(C2CCCCC2)C(c2cccnc2)/C1=C(/O)c1ccc(Cl)c(Cl)c1. The molecule has 2 aliphatic rings. The lowest BCUT2D eigenvalue weighted by atomic mass is 9.91. The van der Waals surface area contributed by atoms with E-state index < -0.39 is 17.7 Å². The fraction of sp³-hybridized carbons (Fsp3) is 0.318. The maximum atomic E-state index is 13.0. The minimum atomic E-state index is -0.687. The third-order valence-corrected chi connectivity index (χ3v) is 6.38. The quantitative estimate of drug-likeness (QED) is 0.415. The van der Waals surface area contributed by atoms with Gasteiger partial charge in [-0.05, 0) is 42.7 Å². The van der Waals surface area contributed by atoms with Crippen molar-refractivity contribution in [2.45, 2.75) is 44.2 Å². The Kier molecular flexibility index (Phi) is 5.61. The molecule has 29 heavy (non-hydrogen) atoms. The first-order chi connectivity index (χ1) is 14.0. The van der Waals surface area contributed by atoms with Crippen LogP contribution in [-0.4, -0.2) is 32.7 Å². The molecule has 1 atom stereocenters. The average molecular weight is 431 g/mol. The van der Waals surface area contributed by atoms with Gasteiger partial charge in [-0.3, -0.25) is 14.6 Å². The number of carbonyl (C=O) groups excluding carboxylic acids is 2. The van der Waals surface area contributed by atoms with E-state index in [0.29, 0.717) is 16.1 Å². The van der Waals surface area contributed by atoms with E-state index in [1.807, 2.05) is 6.07 Å². The number of nitrogens with zero attached hydrogens (tertiary/aromatic N) is 2. The van der Waals surface area contributed by atoms with Crippen molar-refractivity contribution in [3.05, 3.63) is 69.5 Å². The van der Waals surface area contributed by atoms with Crippen LogP contribution in [0.4, 0.5) is 0 Å². The van der Waals surface area contributed by atoms with Crippen LogP contribution in [0, 0.1) is 0 Å². The third kappa shape index (κ3) is 3.65. The Hall–Kier alpha value is -2.37. The fourth-order valence-electron chi connectivity index (χ4n) is 4.25. The van der Waals surface area contributed by atoms with Crippen molar-refractivity contribution in [1.82, 2.24) is 9.88 Å². The molecular weight excluding hydrogens is 411 g/mol. The molecule has 1 aliphatic carbocycles. The van der Waals surface area contributed by atoms with E-state index in [1.54, 1.807) is 35.5 Å². The molecule has 1 N–H and O–H groups in total. The minimum Gasteiger partial charge on any atom is -0.507 e. The summed E-state index contributed by atoms with van der Waals surface area (Å²) in [5.41, 5.74) is 1.10. The molecule has 0 radical (unpaired) electrons. The Morgan fingerprint density at radius 1 is 1.07 bits per heavy atom. The number of hydrogen-bond donors (Lipinski definition) is 1. The van der Waals surface area contributed by atoms with Crippen LogP contribution in [0.2, 0.25) is 10.0 Å². The summed E-state index contributed by atoms with van der Waals surface area (Å²) < 4.78 is 0. The molecule has 7 heteroatoms. The van der Waals surface area contributed by atoms with Crippen molar-refractivity contribution in [1.29, 1.82) is 0 Å². The molecule has 1 unspecified atom stereocenters. The van der Waals surface area contributed by atoms with E-state index in [0.717, 1.165) is 32.1 Å². The number of carbonyl (C=O) groups is 2. The highest BCUT2D eigenvalue weighted by atomic mass is 35.5. The predicted molar refractivity (Wildman–Crippen MR) is 112 cm³/mol. The Morgan fingerprint density at radius 3 is 2.48 bits per heavy atom. The largest absolute Gasteiger partial charge is 0.507 e. The second-order valence-electron chi connectivity index (χ2n) is 7.41. The summed E-state index contributed by atoms with van der Waals surface area (Å²) in [4.78, 5) is 31.8. The van der Waals surface area contributed by atoms with E-state index in [9.17, 15) is 14.7 Å². The van der Waals surface area contributed by atoms with Gasteiger partial charge in [0.05, 0.1) is 21.7 Å². The van der Waals surface area contributed by atoms with Gasteiger partial charge in [-0.25, -0.2) is 0 Å². The molecular formula is C22H20Cl2N2O3. The zero-order chi connectivity index (χ0) is 20.5. The molecule has 5 nitrogen and oxygen atoms in total. The first-order valence-electron chi connectivity index (χ1n) is 9.64. The molecule has 2 heterocycles. The number of benzene rings is 1. The lowest BCUT2D eigenvalue weighted by Crippen LogP contribution is -2.40. The topological polar surface area (TPSA) is 70.5 Å². The van der Waals surface area contributed by atoms with E-state index >= 15 is 0 Å². The number of likely N-dealkylation sites (tertiary alicyclic amines) is 1. The van der Waals surface area contributed by atoms with Gasteiger partial charge in [0.25, 0.3) is 11.7 Å². The van der Waals surface area contributed by atoms with Gasteiger partial charge >= 0.3 is 0 Å². The highest BCUT2D eigenvalue weighted by molar-refractivity contribution is 6.47. The second kappa shape index (κ2) is 8.17. The van der Waals surface area contributed by atoms with Gasteiger partial charge in [0.15, 0.2) is 0 Å². The zero-order valence-electron chi connectivity index (χ0n) is 15.6. The maximum Gasteiger partial charge on any atom is 0.295 e. The molecule has 4 rings (SSSR count). The molecule has 2 fully saturated rings. The van der Waals surface area contributed by atoms with Gasteiger partial charge in [0.1, 0.15) is 5.76 Å². The number of aliphatic hydroxyl groups is 1. The van der Waals surface area contributed by atoms with Gasteiger partial charge in [0.2, 0.25) is 0 Å². The highest BCUT2D eigenvalue weighted by Gasteiger charge is 2.48. The molecule has 1 aromatic heterocycles. The summed E-state index contributed by atoms with van der Waals surface area (Å²) in [5, 5.41) is 11.6. The molecule has 0 spiro atoms. The van der Waals surface area contributed by atoms with Crippen molar-refractivity contribution in [3.63, 3.8) is 0 Å². The number of ketones is 1. The highest BCUT2D eigenvalue weighted by Crippen LogP contribution is 2.43.